The molecule has 0 unspecified atom stereocenters. The zero-order valence-electron chi connectivity index (χ0n) is 14.2. The smallest absolute Gasteiger partial charge is 0.349 e. The van der Waals surface area contributed by atoms with Gasteiger partial charge in [-0.3, -0.25) is 14.9 Å². The molecule has 9 heteroatoms. The second-order valence-electron chi connectivity index (χ2n) is 5.63. The van der Waals surface area contributed by atoms with Crippen molar-refractivity contribution in [2.45, 2.75) is 6.92 Å². The number of carbonyl (C=O) groups is 1. The van der Waals surface area contributed by atoms with E-state index in [1.807, 2.05) is 0 Å². The minimum atomic E-state index is -0.844. The van der Waals surface area contributed by atoms with E-state index in [1.54, 1.807) is 12.1 Å². The molecule has 0 atom stereocenters. The van der Waals surface area contributed by atoms with Gasteiger partial charge in [-0.1, -0.05) is 22.0 Å². The van der Waals surface area contributed by atoms with Gasteiger partial charge in [0.1, 0.15) is 5.56 Å². The fourth-order valence-electron chi connectivity index (χ4n) is 2.62. The van der Waals surface area contributed by atoms with Gasteiger partial charge in [0.25, 0.3) is 11.6 Å². The molecular formula is C18H13BrN2O6. The Bertz CT molecular complexity index is 1140. The van der Waals surface area contributed by atoms with Crippen LogP contribution in [0.1, 0.15) is 15.9 Å². The second-order valence-corrected chi connectivity index (χ2v) is 6.55. The number of amides is 1. The van der Waals surface area contributed by atoms with Crippen molar-refractivity contribution < 1.29 is 18.9 Å². The number of methoxy groups -OCH3 is 1. The highest BCUT2D eigenvalue weighted by atomic mass is 79.9. The van der Waals surface area contributed by atoms with Gasteiger partial charge in [0.2, 0.25) is 0 Å². The van der Waals surface area contributed by atoms with Crippen LogP contribution in [0.5, 0.6) is 5.75 Å². The Labute approximate surface area is 161 Å². The zero-order chi connectivity index (χ0) is 19.7. The van der Waals surface area contributed by atoms with Gasteiger partial charge in [-0.15, -0.1) is 0 Å². The number of carbonyl (C=O) groups excluding carboxylic acids is 1. The second kappa shape index (κ2) is 7.20. The SMILES string of the molecule is COc1cc(Br)cc2cc(C(=O)Nc3cccc([N+](=O)[O-])c3C)c(=O)oc12. The van der Waals surface area contributed by atoms with Gasteiger partial charge in [-0.05, 0) is 31.2 Å². The number of nitro benzene ring substituents is 1. The molecule has 27 heavy (non-hydrogen) atoms. The largest absolute Gasteiger partial charge is 0.493 e. The summed E-state index contributed by atoms with van der Waals surface area (Å²) in [7, 11) is 1.44. The number of nitrogens with one attached hydrogen (secondary N) is 1. The molecule has 138 valence electrons. The lowest BCUT2D eigenvalue weighted by atomic mass is 10.1. The summed E-state index contributed by atoms with van der Waals surface area (Å²) in [5.41, 5.74) is -0.469. The van der Waals surface area contributed by atoms with Gasteiger partial charge < -0.3 is 14.5 Å². The maximum atomic E-state index is 12.6. The lowest BCUT2D eigenvalue weighted by Gasteiger charge is -2.09. The fraction of sp³-hybridized carbons (Fsp3) is 0.111. The van der Waals surface area contributed by atoms with E-state index in [4.69, 9.17) is 9.15 Å². The van der Waals surface area contributed by atoms with Crippen LogP contribution in [0, 0.1) is 17.0 Å². The molecule has 1 heterocycles. The minimum Gasteiger partial charge on any atom is -0.493 e. The van der Waals surface area contributed by atoms with E-state index in [1.165, 1.54) is 38.3 Å². The Morgan fingerprint density at radius 1 is 1.30 bits per heavy atom. The number of hydrogen-bond acceptors (Lipinski definition) is 6. The van der Waals surface area contributed by atoms with Crippen molar-refractivity contribution in [1.29, 1.82) is 0 Å². The quantitative estimate of drug-likeness (QED) is 0.378. The van der Waals surface area contributed by atoms with Gasteiger partial charge >= 0.3 is 5.63 Å². The maximum absolute atomic E-state index is 12.6. The molecule has 0 aliphatic carbocycles. The Kier molecular flexibility index (Phi) is 4.95. The van der Waals surface area contributed by atoms with E-state index in [2.05, 4.69) is 21.2 Å². The highest BCUT2D eigenvalue weighted by molar-refractivity contribution is 9.10. The third-order valence-corrected chi connectivity index (χ3v) is 4.44. The maximum Gasteiger partial charge on any atom is 0.349 e. The van der Waals surface area contributed by atoms with Crippen LogP contribution in [-0.2, 0) is 0 Å². The lowest BCUT2D eigenvalue weighted by molar-refractivity contribution is -0.385. The van der Waals surface area contributed by atoms with E-state index in [-0.39, 0.29) is 28.1 Å². The summed E-state index contributed by atoms with van der Waals surface area (Å²) in [6.45, 7) is 1.51. The van der Waals surface area contributed by atoms with Gasteiger partial charge in [-0.25, -0.2) is 4.79 Å². The van der Waals surface area contributed by atoms with Crippen molar-refractivity contribution in [1.82, 2.24) is 0 Å². The molecule has 0 radical (unpaired) electrons. The molecule has 0 spiro atoms. The first-order valence-electron chi connectivity index (χ1n) is 7.68. The Hall–Kier alpha value is -3.20. The van der Waals surface area contributed by atoms with Crippen molar-refractivity contribution in [3.05, 3.63) is 72.5 Å². The molecule has 0 aliphatic rings. The van der Waals surface area contributed by atoms with Crippen LogP contribution < -0.4 is 15.7 Å². The lowest BCUT2D eigenvalue weighted by Crippen LogP contribution is -2.21. The van der Waals surface area contributed by atoms with Crippen molar-refractivity contribution in [2.75, 3.05) is 12.4 Å². The molecule has 3 rings (SSSR count). The Morgan fingerprint density at radius 2 is 2.04 bits per heavy atom. The predicted octanol–water partition coefficient (Wildman–Crippen LogP) is 4.03. The van der Waals surface area contributed by atoms with Crippen LogP contribution in [0.2, 0.25) is 0 Å². The normalized spacial score (nSPS) is 10.6. The van der Waals surface area contributed by atoms with E-state index >= 15 is 0 Å². The van der Waals surface area contributed by atoms with Crippen LogP contribution in [0.15, 0.2) is 50.1 Å². The average molecular weight is 433 g/mol. The first-order chi connectivity index (χ1) is 12.8. The third kappa shape index (κ3) is 3.54. The number of fused-ring (bicyclic) bond motifs is 1. The molecule has 8 nitrogen and oxygen atoms in total. The summed E-state index contributed by atoms with van der Waals surface area (Å²) < 4.78 is 11.1. The minimum absolute atomic E-state index is 0.132. The van der Waals surface area contributed by atoms with Crippen molar-refractivity contribution in [3.8, 4) is 5.75 Å². The zero-order valence-corrected chi connectivity index (χ0v) is 15.8. The summed E-state index contributed by atoms with van der Waals surface area (Å²) in [5, 5.41) is 14.0. The van der Waals surface area contributed by atoms with Crippen LogP contribution in [0.3, 0.4) is 0 Å². The molecule has 3 aromatic rings. The summed E-state index contributed by atoms with van der Waals surface area (Å²) >= 11 is 3.32. The number of benzene rings is 2. The Balaban J connectivity index is 2.04. The molecule has 0 saturated heterocycles. The van der Waals surface area contributed by atoms with Crippen molar-refractivity contribution in [2.24, 2.45) is 0 Å². The fourth-order valence-corrected chi connectivity index (χ4v) is 3.08. The summed E-state index contributed by atoms with van der Waals surface area (Å²) in [5.74, 6) is -0.383. The van der Waals surface area contributed by atoms with E-state index < -0.39 is 16.5 Å². The molecule has 0 bridgehead atoms. The van der Waals surface area contributed by atoms with Gasteiger partial charge in [0.05, 0.1) is 23.3 Å². The van der Waals surface area contributed by atoms with E-state index in [0.29, 0.717) is 15.6 Å². The third-order valence-electron chi connectivity index (χ3n) is 3.98. The number of hydrogen-bond donors (Lipinski definition) is 1. The first-order valence-corrected chi connectivity index (χ1v) is 8.48. The van der Waals surface area contributed by atoms with Crippen molar-refractivity contribution >= 4 is 44.2 Å². The van der Waals surface area contributed by atoms with Crippen LogP contribution in [0.25, 0.3) is 11.0 Å². The van der Waals surface area contributed by atoms with Crippen LogP contribution in [-0.4, -0.2) is 17.9 Å². The Morgan fingerprint density at radius 3 is 2.70 bits per heavy atom. The van der Waals surface area contributed by atoms with Gasteiger partial charge in [0.15, 0.2) is 11.3 Å². The average Bonchev–Trinajstić information content (AvgIpc) is 2.62. The van der Waals surface area contributed by atoms with Gasteiger partial charge in [-0.2, -0.15) is 0 Å². The monoisotopic (exact) mass is 432 g/mol. The number of ether oxygens (including phenoxy) is 1. The predicted molar refractivity (Wildman–Crippen MR) is 103 cm³/mol. The number of nitro groups is 1. The first kappa shape index (κ1) is 18.6. The van der Waals surface area contributed by atoms with E-state index in [0.717, 1.165) is 0 Å². The number of nitrogens with zero attached hydrogens (tertiary/aromatic N) is 1. The molecule has 0 saturated carbocycles. The molecule has 1 N–H and O–H groups in total. The van der Waals surface area contributed by atoms with Crippen molar-refractivity contribution in [3.63, 3.8) is 0 Å². The summed E-state index contributed by atoms with van der Waals surface area (Å²) in [6.07, 6.45) is 0. The number of anilines is 1. The molecule has 1 aromatic heterocycles. The van der Waals surface area contributed by atoms with Crippen LogP contribution >= 0.6 is 15.9 Å². The molecule has 1 amide bonds. The molecule has 0 fully saturated rings. The molecule has 0 aliphatic heterocycles. The number of halogens is 1. The highest BCUT2D eigenvalue weighted by Gasteiger charge is 2.19. The molecular weight excluding hydrogens is 420 g/mol. The van der Waals surface area contributed by atoms with Gasteiger partial charge in [0, 0.05) is 15.9 Å². The number of rotatable bonds is 4. The summed E-state index contributed by atoms with van der Waals surface area (Å²) in [4.78, 5) is 35.3. The van der Waals surface area contributed by atoms with E-state index in [9.17, 15) is 19.7 Å². The summed E-state index contributed by atoms with van der Waals surface area (Å²) in [6, 6.07) is 9.00. The topological polar surface area (TPSA) is 112 Å². The molecule has 2 aromatic carbocycles. The highest BCUT2D eigenvalue weighted by Crippen LogP contribution is 2.30. The standard InChI is InChI=1S/C18H13BrN2O6/c1-9-13(4-3-5-14(9)21(24)25)20-17(22)12-7-10-6-11(19)8-15(26-2)16(10)27-18(12)23/h3-8H,1-2H3,(H,20,22). The van der Waals surface area contributed by atoms with Crippen LogP contribution in [0.4, 0.5) is 11.4 Å².